The maximum Gasteiger partial charge on any atom is 0.293 e. The van der Waals surface area contributed by atoms with Crippen LogP contribution in [0, 0.1) is 17.8 Å². The van der Waals surface area contributed by atoms with Gasteiger partial charge < -0.3 is 20.2 Å². The molecule has 8 nitrogen and oxygen atoms in total. The average Bonchev–Trinajstić information content (AvgIpc) is 3.49. The molecule has 0 bridgehead atoms. The molecule has 0 radical (unpaired) electrons. The van der Waals surface area contributed by atoms with Gasteiger partial charge >= 0.3 is 0 Å². The zero-order chi connectivity index (χ0) is 21.9. The van der Waals surface area contributed by atoms with E-state index in [1.165, 1.54) is 50.1 Å². The molecule has 0 amide bonds. The highest BCUT2D eigenvalue weighted by Crippen LogP contribution is 2.49. The Morgan fingerprint density at radius 2 is 1.93 bits per heavy atom. The Hall–Kier alpha value is -2.32. The number of benzene rings is 1. The first kappa shape index (κ1) is 24.0. The minimum absolute atomic E-state index is 0.0301. The number of carbonyl (C=O) groups excluding carboxylic acids is 1. The van der Waals surface area contributed by atoms with E-state index in [0.717, 1.165) is 35.8 Å². The molecule has 1 aliphatic heterocycles. The smallest absolute Gasteiger partial charge is 0.293 e. The van der Waals surface area contributed by atoms with Gasteiger partial charge in [0.05, 0.1) is 18.4 Å². The van der Waals surface area contributed by atoms with Crippen LogP contribution in [0.3, 0.4) is 0 Å². The van der Waals surface area contributed by atoms with E-state index in [0.29, 0.717) is 6.47 Å². The highest BCUT2D eigenvalue weighted by Gasteiger charge is 2.42. The molecule has 1 heterocycles. The summed E-state index contributed by atoms with van der Waals surface area (Å²) < 4.78 is 10.2. The number of piperidine rings is 1. The average molecular weight is 420 g/mol. The van der Waals surface area contributed by atoms with Crippen molar-refractivity contribution in [3.8, 4) is 5.75 Å². The number of hydrazone groups is 1. The van der Waals surface area contributed by atoms with Gasteiger partial charge in [-0.15, -0.1) is 0 Å². The van der Waals surface area contributed by atoms with Crippen LogP contribution >= 0.6 is 0 Å². The summed E-state index contributed by atoms with van der Waals surface area (Å²) in [5.41, 5.74) is 0.820. The fourth-order valence-electron chi connectivity index (χ4n) is 3.93. The lowest BCUT2D eigenvalue weighted by Gasteiger charge is -2.29. The van der Waals surface area contributed by atoms with Crippen molar-refractivity contribution in [3.63, 3.8) is 0 Å². The Balaban J connectivity index is 0.000000469. The fraction of sp³-hybridized carbons (Fsp3) is 0.636. The molecule has 2 fully saturated rings. The van der Waals surface area contributed by atoms with Crippen molar-refractivity contribution >= 4 is 18.5 Å². The largest absolute Gasteiger partial charge is 0.494 e. The van der Waals surface area contributed by atoms with Gasteiger partial charge in [-0.2, -0.15) is 5.10 Å². The number of hydrazine groups is 1. The number of rotatable bonds is 9. The fourth-order valence-corrected chi connectivity index (χ4v) is 3.93. The van der Waals surface area contributed by atoms with Gasteiger partial charge in [0, 0.05) is 0 Å². The topological polar surface area (TPSA) is 106 Å². The first-order valence-electron chi connectivity index (χ1n) is 10.7. The van der Waals surface area contributed by atoms with Crippen molar-refractivity contribution in [2.75, 3.05) is 31.8 Å². The summed E-state index contributed by atoms with van der Waals surface area (Å²) in [6.07, 6.45) is 6.72. The molecule has 1 aromatic carbocycles. The van der Waals surface area contributed by atoms with Crippen LogP contribution in [0.15, 0.2) is 29.4 Å². The summed E-state index contributed by atoms with van der Waals surface area (Å²) >= 11 is 0. The Kier molecular flexibility index (Phi) is 9.89. The number of carbonyl (C=O) groups is 1. The first-order chi connectivity index (χ1) is 14.4. The second-order valence-electron chi connectivity index (χ2n) is 8.38. The minimum atomic E-state index is 0.0301. The summed E-state index contributed by atoms with van der Waals surface area (Å²) in [5.74, 6) is 14.5. The van der Waals surface area contributed by atoms with Crippen molar-refractivity contribution in [2.24, 2.45) is 34.5 Å². The van der Waals surface area contributed by atoms with Gasteiger partial charge in [0.2, 0.25) is 0 Å². The molecule has 3 rings (SSSR count). The van der Waals surface area contributed by atoms with Crippen LogP contribution in [-0.2, 0) is 9.53 Å². The Morgan fingerprint density at radius 1 is 1.27 bits per heavy atom. The predicted octanol–water partition coefficient (Wildman–Crippen LogP) is 2.58. The molecule has 8 heteroatoms. The Morgan fingerprint density at radius 3 is 2.47 bits per heavy atom. The molecule has 2 atom stereocenters. The second-order valence-corrected chi connectivity index (χ2v) is 8.38. The number of hydrogen-bond donors (Lipinski definition) is 2. The third-order valence-corrected chi connectivity index (χ3v) is 5.76. The predicted molar refractivity (Wildman–Crippen MR) is 120 cm³/mol. The van der Waals surface area contributed by atoms with Crippen LogP contribution in [0.1, 0.15) is 39.5 Å². The van der Waals surface area contributed by atoms with Crippen molar-refractivity contribution < 1.29 is 14.3 Å². The zero-order valence-corrected chi connectivity index (χ0v) is 18.4. The Bertz CT molecular complexity index is 645. The molecule has 2 aliphatic rings. The quantitative estimate of drug-likeness (QED) is 0.208. The number of likely N-dealkylation sites (tertiary alicyclic amines) is 1. The molecule has 1 saturated carbocycles. The zero-order valence-electron chi connectivity index (χ0n) is 18.4. The molecule has 168 valence electrons. The normalized spacial score (nSPS) is 21.8. The lowest BCUT2D eigenvalue weighted by Crippen LogP contribution is -2.31. The second kappa shape index (κ2) is 12.4. The summed E-state index contributed by atoms with van der Waals surface area (Å²) in [6, 6.07) is 7.66. The monoisotopic (exact) mass is 419 g/mol. The maximum absolute atomic E-state index is 9.39. The van der Waals surface area contributed by atoms with Crippen molar-refractivity contribution in [2.45, 2.75) is 45.6 Å². The van der Waals surface area contributed by atoms with Crippen LogP contribution in [0.2, 0.25) is 0 Å². The van der Waals surface area contributed by atoms with Crippen molar-refractivity contribution in [1.29, 1.82) is 0 Å². The molecule has 0 aromatic heterocycles. The van der Waals surface area contributed by atoms with Crippen LogP contribution < -0.4 is 21.4 Å². The van der Waals surface area contributed by atoms with E-state index in [-0.39, 0.29) is 6.10 Å². The third-order valence-electron chi connectivity index (χ3n) is 5.76. The standard InChI is InChI=1S/C18H29N5O.C4H8O2/c1-22-9-6-14(7-10-22)18-12-15(18)8-11-24-17-4-2-16(3-5-17)23(20)13-21-19;1-4(2)6-3-5/h2-5,13-15,18H,6-12,19-20H2,1H3;3-4H,1-2H3/b21-13-;. The van der Waals surface area contributed by atoms with E-state index in [9.17, 15) is 4.79 Å². The molecule has 0 spiro atoms. The van der Waals surface area contributed by atoms with E-state index in [1.54, 1.807) is 13.8 Å². The van der Waals surface area contributed by atoms with E-state index >= 15 is 0 Å². The van der Waals surface area contributed by atoms with Gasteiger partial charge in [0.1, 0.15) is 12.1 Å². The van der Waals surface area contributed by atoms with Gasteiger partial charge in [-0.3, -0.25) is 9.80 Å². The van der Waals surface area contributed by atoms with Crippen molar-refractivity contribution in [3.05, 3.63) is 24.3 Å². The van der Waals surface area contributed by atoms with Gasteiger partial charge in [0.25, 0.3) is 6.47 Å². The molecule has 1 aromatic rings. The SMILES string of the molecule is CC(C)OC=O.CN1CCC(C2CC2CCOc2ccc(N(N)/C=N\N)cc2)CC1. The summed E-state index contributed by atoms with van der Waals surface area (Å²) in [4.78, 5) is 11.8. The Labute approximate surface area is 180 Å². The van der Waals surface area contributed by atoms with Gasteiger partial charge in [0.15, 0.2) is 0 Å². The van der Waals surface area contributed by atoms with E-state index in [1.807, 2.05) is 24.3 Å². The summed E-state index contributed by atoms with van der Waals surface area (Å²) in [7, 11) is 2.23. The molecule has 1 aliphatic carbocycles. The molecular formula is C22H37N5O3. The van der Waals surface area contributed by atoms with Crippen LogP contribution in [-0.4, -0.2) is 50.6 Å². The lowest BCUT2D eigenvalue weighted by atomic mass is 9.91. The van der Waals surface area contributed by atoms with Crippen molar-refractivity contribution in [1.82, 2.24) is 4.90 Å². The van der Waals surface area contributed by atoms with E-state index in [4.69, 9.17) is 16.4 Å². The number of anilines is 1. The number of hydrogen-bond acceptors (Lipinski definition) is 7. The summed E-state index contributed by atoms with van der Waals surface area (Å²) in [6.45, 7) is 7.38. The van der Waals surface area contributed by atoms with Gasteiger partial charge in [-0.05, 0) is 102 Å². The lowest BCUT2D eigenvalue weighted by molar-refractivity contribution is -0.131. The summed E-state index contributed by atoms with van der Waals surface area (Å²) in [5, 5.41) is 4.78. The van der Waals surface area contributed by atoms with Crippen LogP contribution in [0.4, 0.5) is 5.69 Å². The molecular weight excluding hydrogens is 382 g/mol. The highest BCUT2D eigenvalue weighted by molar-refractivity contribution is 5.77. The first-order valence-corrected chi connectivity index (χ1v) is 10.7. The van der Waals surface area contributed by atoms with Gasteiger partial charge in [-0.25, -0.2) is 5.84 Å². The van der Waals surface area contributed by atoms with E-state index in [2.05, 4.69) is 21.8 Å². The molecule has 4 N–H and O–H groups in total. The molecule has 30 heavy (non-hydrogen) atoms. The van der Waals surface area contributed by atoms with E-state index < -0.39 is 0 Å². The minimum Gasteiger partial charge on any atom is -0.494 e. The number of nitrogens with two attached hydrogens (primary N) is 2. The van der Waals surface area contributed by atoms with Gasteiger partial charge in [-0.1, -0.05) is 0 Å². The number of ether oxygens (including phenoxy) is 2. The van der Waals surface area contributed by atoms with Crippen LogP contribution in [0.5, 0.6) is 5.75 Å². The number of nitrogens with zero attached hydrogens (tertiary/aromatic N) is 3. The molecule has 2 unspecified atom stereocenters. The third kappa shape index (κ3) is 8.20. The van der Waals surface area contributed by atoms with Crippen LogP contribution in [0.25, 0.3) is 0 Å². The highest BCUT2D eigenvalue weighted by atomic mass is 16.5. The maximum atomic E-state index is 9.39. The molecule has 1 saturated heterocycles.